The molecule has 36 valence electrons. The van der Waals surface area contributed by atoms with Crippen molar-refractivity contribution in [2.24, 2.45) is 0 Å². The first-order valence-electron chi connectivity index (χ1n) is 2.46. The normalized spacial score (nSPS) is 20.3. The molecule has 0 N–H and O–H groups in total. The average Bonchev–Trinajstić information content (AvgIpc) is 1.69. The summed E-state index contributed by atoms with van der Waals surface area (Å²) in [6.07, 6.45) is 3.70. The van der Waals surface area contributed by atoms with E-state index in [2.05, 4.69) is 0 Å². The molecule has 0 bridgehead atoms. The highest BCUT2D eigenvalue weighted by molar-refractivity contribution is 6.21. The lowest BCUT2D eigenvalue weighted by Crippen LogP contribution is -1.97. The van der Waals surface area contributed by atoms with Crippen LogP contribution >= 0.6 is 0 Å². The summed E-state index contributed by atoms with van der Waals surface area (Å²) in [6.45, 7) is 0.834. The van der Waals surface area contributed by atoms with Crippen molar-refractivity contribution >= 4 is 7.85 Å². The van der Waals surface area contributed by atoms with Gasteiger partial charge in [0.05, 0.1) is 12.9 Å². The summed E-state index contributed by atoms with van der Waals surface area (Å²) in [4.78, 5) is 0. The fraction of sp³-hybridized carbons (Fsp3) is 0.600. The first kappa shape index (κ1) is 4.76. The highest BCUT2D eigenvalue weighted by atomic mass is 16.5. The van der Waals surface area contributed by atoms with Gasteiger partial charge >= 0.3 is 0 Å². The number of rotatable bonds is 0. The molecule has 1 aliphatic rings. The van der Waals surface area contributed by atoms with Gasteiger partial charge in [0.15, 0.2) is 0 Å². The van der Waals surface area contributed by atoms with Gasteiger partial charge in [-0.25, -0.2) is 0 Å². The maximum Gasteiger partial charge on any atom is 0.112 e. The van der Waals surface area contributed by atoms with Crippen molar-refractivity contribution in [1.29, 1.82) is 0 Å². The van der Waals surface area contributed by atoms with Gasteiger partial charge in [-0.3, -0.25) is 0 Å². The van der Waals surface area contributed by atoms with Crippen molar-refractivity contribution in [2.45, 2.75) is 12.8 Å². The van der Waals surface area contributed by atoms with E-state index >= 15 is 0 Å². The summed E-state index contributed by atoms with van der Waals surface area (Å²) in [5, 5.41) is 0. The summed E-state index contributed by atoms with van der Waals surface area (Å²) in [6, 6.07) is 0. The Kier molecular flexibility index (Phi) is 1.40. The average molecular weight is 93.9 g/mol. The molecule has 7 heavy (non-hydrogen) atoms. The Labute approximate surface area is 44.8 Å². The van der Waals surface area contributed by atoms with Crippen molar-refractivity contribution in [3.8, 4) is 0 Å². The number of allylic oxidation sites excluding steroid dienone is 1. The minimum atomic E-state index is 0.834. The lowest BCUT2D eigenvalue weighted by Gasteiger charge is -2.08. The molecule has 1 rings (SSSR count). The minimum Gasteiger partial charge on any atom is -0.502 e. The van der Waals surface area contributed by atoms with Crippen LogP contribution in [-0.2, 0) is 4.74 Å². The van der Waals surface area contributed by atoms with Crippen LogP contribution in [-0.4, -0.2) is 14.5 Å². The first-order valence-corrected chi connectivity index (χ1v) is 2.46. The third kappa shape index (κ3) is 1.26. The molecule has 2 radical (unpaired) electrons. The Morgan fingerprint density at radius 1 is 1.71 bits per heavy atom. The van der Waals surface area contributed by atoms with E-state index < -0.39 is 0 Å². The highest BCUT2D eigenvalue weighted by Crippen LogP contribution is 2.06. The molecule has 0 amide bonds. The van der Waals surface area contributed by atoms with Crippen molar-refractivity contribution in [3.05, 3.63) is 11.7 Å². The van der Waals surface area contributed by atoms with Gasteiger partial charge in [-0.2, -0.15) is 0 Å². The summed E-state index contributed by atoms with van der Waals surface area (Å²) in [5.41, 5.74) is 0.867. The third-order valence-corrected chi connectivity index (χ3v) is 0.962. The molecule has 0 spiro atoms. The number of hydrogen-bond acceptors (Lipinski definition) is 1. The molecule has 0 aromatic carbocycles. The molecular formula is C5H7BO. The molecule has 0 aromatic heterocycles. The second kappa shape index (κ2) is 2.06. The Bertz CT molecular complexity index is 88.1. The molecular weight excluding hydrogens is 86.9 g/mol. The van der Waals surface area contributed by atoms with Crippen LogP contribution in [0.1, 0.15) is 12.8 Å². The van der Waals surface area contributed by atoms with Crippen LogP contribution in [0.25, 0.3) is 0 Å². The molecule has 2 heteroatoms. The Morgan fingerprint density at radius 3 is 2.86 bits per heavy atom. The van der Waals surface area contributed by atoms with Gasteiger partial charge in [-0.15, -0.1) is 0 Å². The summed E-state index contributed by atoms with van der Waals surface area (Å²) < 4.78 is 4.89. The van der Waals surface area contributed by atoms with Gasteiger partial charge in [-0.05, 0) is 12.8 Å². The third-order valence-electron chi connectivity index (χ3n) is 0.962. The quantitative estimate of drug-likeness (QED) is 0.403. The standard InChI is InChI=1S/C5H7BO/c6-5-2-1-3-7-4-5/h4H,1-3H2. The summed E-state index contributed by atoms with van der Waals surface area (Å²) in [5.74, 6) is 0. The smallest absolute Gasteiger partial charge is 0.112 e. The molecule has 1 heterocycles. The van der Waals surface area contributed by atoms with Gasteiger partial charge in [0.25, 0.3) is 0 Å². The van der Waals surface area contributed by atoms with Crippen LogP contribution in [0.4, 0.5) is 0 Å². The van der Waals surface area contributed by atoms with E-state index in [1.54, 1.807) is 6.26 Å². The predicted molar refractivity (Wildman–Crippen MR) is 29.0 cm³/mol. The molecule has 0 aromatic rings. The van der Waals surface area contributed by atoms with Crippen LogP contribution in [0.2, 0.25) is 0 Å². The van der Waals surface area contributed by atoms with Crippen molar-refractivity contribution in [1.82, 2.24) is 0 Å². The Hall–Kier alpha value is -0.395. The van der Waals surface area contributed by atoms with E-state index in [-0.39, 0.29) is 0 Å². The van der Waals surface area contributed by atoms with Crippen LogP contribution in [0.15, 0.2) is 11.7 Å². The second-order valence-corrected chi connectivity index (χ2v) is 1.67. The number of ether oxygens (including phenoxy) is 1. The molecule has 0 saturated heterocycles. The van der Waals surface area contributed by atoms with E-state index in [9.17, 15) is 0 Å². The zero-order valence-electron chi connectivity index (χ0n) is 4.18. The minimum absolute atomic E-state index is 0.834. The van der Waals surface area contributed by atoms with E-state index in [1.165, 1.54) is 0 Å². The van der Waals surface area contributed by atoms with Gasteiger partial charge in [-0.1, -0.05) is 5.47 Å². The molecule has 0 atom stereocenters. The molecule has 0 saturated carbocycles. The van der Waals surface area contributed by atoms with E-state index in [0.717, 1.165) is 24.9 Å². The summed E-state index contributed by atoms with van der Waals surface area (Å²) in [7, 11) is 5.37. The maximum atomic E-state index is 5.37. The largest absolute Gasteiger partial charge is 0.502 e. The second-order valence-electron chi connectivity index (χ2n) is 1.67. The van der Waals surface area contributed by atoms with Gasteiger partial charge in [0.1, 0.15) is 7.85 Å². The molecule has 0 fully saturated rings. The van der Waals surface area contributed by atoms with Crippen molar-refractivity contribution in [2.75, 3.05) is 6.61 Å². The van der Waals surface area contributed by atoms with Gasteiger partial charge in [0.2, 0.25) is 0 Å². The fourth-order valence-electron chi connectivity index (χ4n) is 0.585. The molecule has 1 aliphatic heterocycles. The molecule has 0 aliphatic carbocycles. The molecule has 1 nitrogen and oxygen atoms in total. The van der Waals surface area contributed by atoms with Gasteiger partial charge < -0.3 is 4.74 Å². The first-order chi connectivity index (χ1) is 3.39. The zero-order valence-corrected chi connectivity index (χ0v) is 4.18. The summed E-state index contributed by atoms with van der Waals surface area (Å²) >= 11 is 0. The van der Waals surface area contributed by atoms with E-state index in [4.69, 9.17) is 12.6 Å². The monoisotopic (exact) mass is 94.1 g/mol. The van der Waals surface area contributed by atoms with Gasteiger partial charge in [0, 0.05) is 0 Å². The predicted octanol–water partition coefficient (Wildman–Crippen LogP) is 0.807. The van der Waals surface area contributed by atoms with Crippen LogP contribution < -0.4 is 0 Å². The van der Waals surface area contributed by atoms with Crippen molar-refractivity contribution in [3.63, 3.8) is 0 Å². The van der Waals surface area contributed by atoms with E-state index in [0.29, 0.717) is 0 Å². The van der Waals surface area contributed by atoms with Crippen LogP contribution in [0.3, 0.4) is 0 Å². The topological polar surface area (TPSA) is 9.23 Å². The SMILES string of the molecule is [B]C1=COCCC1. The van der Waals surface area contributed by atoms with E-state index in [1.807, 2.05) is 0 Å². The van der Waals surface area contributed by atoms with Crippen LogP contribution in [0.5, 0.6) is 0 Å². The lowest BCUT2D eigenvalue weighted by molar-refractivity contribution is 0.229. The number of hydrogen-bond donors (Lipinski definition) is 0. The van der Waals surface area contributed by atoms with Crippen molar-refractivity contribution < 1.29 is 4.74 Å². The highest BCUT2D eigenvalue weighted by Gasteiger charge is 1.95. The lowest BCUT2D eigenvalue weighted by atomic mass is 9.92. The molecule has 0 unspecified atom stereocenters. The Balaban J connectivity index is 2.40. The van der Waals surface area contributed by atoms with Crippen LogP contribution in [0, 0.1) is 0 Å². The Morgan fingerprint density at radius 2 is 2.57 bits per heavy atom. The maximum absolute atomic E-state index is 5.37. The zero-order chi connectivity index (χ0) is 5.11. The fourth-order valence-corrected chi connectivity index (χ4v) is 0.585.